The van der Waals surface area contributed by atoms with Gasteiger partial charge in [-0.15, -0.1) is 11.8 Å². The van der Waals surface area contributed by atoms with Crippen molar-refractivity contribution in [3.8, 4) is 5.75 Å². The van der Waals surface area contributed by atoms with Crippen LogP contribution in [0.4, 0.5) is 4.39 Å². The van der Waals surface area contributed by atoms with Gasteiger partial charge in [-0.2, -0.15) is 0 Å². The fraction of sp³-hybridized carbons (Fsp3) is 0.381. The van der Waals surface area contributed by atoms with Gasteiger partial charge >= 0.3 is 0 Å². The van der Waals surface area contributed by atoms with Crippen LogP contribution >= 0.6 is 11.8 Å². The van der Waals surface area contributed by atoms with Crippen LogP contribution in [0.25, 0.3) is 0 Å². The number of likely N-dealkylation sites (tertiary alicyclic amines) is 1. The van der Waals surface area contributed by atoms with Crippen LogP contribution in [0.3, 0.4) is 0 Å². The van der Waals surface area contributed by atoms with Crippen LogP contribution in [0.1, 0.15) is 24.8 Å². The van der Waals surface area contributed by atoms with Gasteiger partial charge in [-0.25, -0.2) is 4.39 Å². The van der Waals surface area contributed by atoms with Crippen LogP contribution in [0.2, 0.25) is 0 Å². The topological polar surface area (TPSA) is 29.5 Å². The fourth-order valence-corrected chi connectivity index (χ4v) is 4.54. The minimum atomic E-state index is -0.254. The van der Waals surface area contributed by atoms with Crippen molar-refractivity contribution < 1.29 is 13.9 Å². The largest absolute Gasteiger partial charge is 0.487 e. The zero-order valence-electron chi connectivity index (χ0n) is 14.6. The highest BCUT2D eigenvalue weighted by molar-refractivity contribution is 8.00. The number of carbonyl (C=O) groups is 1. The van der Waals surface area contributed by atoms with Gasteiger partial charge in [0.25, 0.3) is 0 Å². The van der Waals surface area contributed by atoms with E-state index in [1.807, 2.05) is 17.0 Å². The Hall–Kier alpha value is -2.01. The van der Waals surface area contributed by atoms with Crippen LogP contribution in [-0.2, 0) is 11.2 Å². The summed E-state index contributed by atoms with van der Waals surface area (Å²) in [4.78, 5) is 15.4. The summed E-state index contributed by atoms with van der Waals surface area (Å²) in [6, 6.07) is 14.5. The Labute approximate surface area is 157 Å². The predicted octanol–water partition coefficient (Wildman–Crippen LogP) is 4.30. The van der Waals surface area contributed by atoms with E-state index >= 15 is 0 Å². The SMILES string of the molecule is O=C(CSc1ccc(F)cc1)N1CCC2(CCc3ccccc3O2)CC1. The maximum Gasteiger partial charge on any atom is 0.232 e. The molecule has 26 heavy (non-hydrogen) atoms. The first kappa shape index (κ1) is 17.4. The molecule has 136 valence electrons. The van der Waals surface area contributed by atoms with Crippen molar-refractivity contribution in [3.05, 3.63) is 59.9 Å². The van der Waals surface area contributed by atoms with Crippen LogP contribution in [0.15, 0.2) is 53.4 Å². The van der Waals surface area contributed by atoms with Gasteiger partial charge in [-0.1, -0.05) is 18.2 Å². The van der Waals surface area contributed by atoms with E-state index in [1.165, 1.54) is 29.5 Å². The summed E-state index contributed by atoms with van der Waals surface area (Å²) >= 11 is 1.46. The number of hydrogen-bond acceptors (Lipinski definition) is 3. The maximum absolute atomic E-state index is 12.9. The lowest BCUT2D eigenvalue weighted by molar-refractivity contribution is -0.132. The van der Waals surface area contributed by atoms with Crippen LogP contribution in [0.5, 0.6) is 5.75 Å². The predicted molar refractivity (Wildman–Crippen MR) is 101 cm³/mol. The van der Waals surface area contributed by atoms with Crippen LogP contribution in [0, 0.1) is 5.82 Å². The summed E-state index contributed by atoms with van der Waals surface area (Å²) in [6.07, 6.45) is 3.84. The van der Waals surface area contributed by atoms with Crippen molar-refractivity contribution in [2.75, 3.05) is 18.8 Å². The summed E-state index contributed by atoms with van der Waals surface area (Å²) in [7, 11) is 0. The third-order valence-electron chi connectivity index (χ3n) is 5.35. The van der Waals surface area contributed by atoms with E-state index < -0.39 is 0 Å². The molecule has 2 heterocycles. The van der Waals surface area contributed by atoms with Crippen LogP contribution < -0.4 is 4.74 Å². The molecule has 3 nitrogen and oxygen atoms in total. The number of ether oxygens (including phenoxy) is 1. The van der Waals surface area contributed by atoms with Crippen molar-refractivity contribution in [2.45, 2.75) is 36.2 Å². The van der Waals surface area contributed by atoms with Gasteiger partial charge in [0.15, 0.2) is 0 Å². The van der Waals surface area contributed by atoms with Gasteiger partial charge in [-0.3, -0.25) is 4.79 Å². The first-order valence-corrected chi connectivity index (χ1v) is 10.1. The molecule has 0 radical (unpaired) electrons. The molecule has 0 aromatic heterocycles. The lowest BCUT2D eigenvalue weighted by Crippen LogP contribution is -2.51. The molecule has 0 bridgehead atoms. The summed E-state index contributed by atoms with van der Waals surface area (Å²) in [6.45, 7) is 1.48. The number of benzene rings is 2. The van der Waals surface area contributed by atoms with Crippen molar-refractivity contribution in [2.24, 2.45) is 0 Å². The van der Waals surface area contributed by atoms with Crippen LogP contribution in [-0.4, -0.2) is 35.3 Å². The normalized spacial score (nSPS) is 18.3. The number of aryl methyl sites for hydroxylation is 1. The highest BCUT2D eigenvalue weighted by Crippen LogP contribution is 2.39. The molecule has 1 fully saturated rings. The van der Waals surface area contributed by atoms with E-state index in [2.05, 4.69) is 12.1 Å². The number of amides is 1. The van der Waals surface area contributed by atoms with Gasteiger partial charge in [0, 0.05) is 30.8 Å². The molecule has 0 atom stereocenters. The number of nitrogens with zero attached hydrogens (tertiary/aromatic N) is 1. The Morgan fingerprint density at radius 3 is 2.58 bits per heavy atom. The van der Waals surface area contributed by atoms with Crippen molar-refractivity contribution in [3.63, 3.8) is 0 Å². The molecule has 0 N–H and O–H groups in total. The molecule has 1 amide bonds. The van der Waals surface area contributed by atoms with Gasteiger partial charge in [0.05, 0.1) is 5.75 Å². The first-order chi connectivity index (χ1) is 12.6. The number of para-hydroxylation sites is 1. The second kappa shape index (κ2) is 7.31. The molecule has 4 rings (SSSR count). The molecule has 2 aliphatic heterocycles. The molecule has 2 aromatic carbocycles. The molecular weight excluding hydrogens is 349 g/mol. The number of piperidine rings is 1. The molecule has 2 aromatic rings. The summed E-state index contributed by atoms with van der Waals surface area (Å²) in [5, 5.41) is 0. The van der Waals surface area contributed by atoms with Gasteiger partial charge in [-0.05, 0) is 48.7 Å². The average Bonchev–Trinajstić information content (AvgIpc) is 2.68. The Kier molecular flexibility index (Phi) is 4.90. The van der Waals surface area contributed by atoms with E-state index in [1.54, 1.807) is 12.1 Å². The number of hydrogen-bond donors (Lipinski definition) is 0. The van der Waals surface area contributed by atoms with E-state index in [-0.39, 0.29) is 17.3 Å². The Balaban J connectivity index is 1.31. The molecule has 1 saturated heterocycles. The third kappa shape index (κ3) is 3.73. The number of halogens is 1. The lowest BCUT2D eigenvalue weighted by atomic mass is 9.83. The summed E-state index contributed by atoms with van der Waals surface area (Å²) in [5.41, 5.74) is 1.17. The summed E-state index contributed by atoms with van der Waals surface area (Å²) in [5.74, 6) is 1.29. The highest BCUT2D eigenvalue weighted by atomic mass is 32.2. The number of carbonyl (C=O) groups excluding carboxylic acids is 1. The summed E-state index contributed by atoms with van der Waals surface area (Å²) < 4.78 is 19.3. The van der Waals surface area contributed by atoms with E-state index in [0.29, 0.717) is 5.75 Å². The molecule has 0 saturated carbocycles. The monoisotopic (exact) mass is 371 g/mol. The van der Waals surface area contributed by atoms with Crippen molar-refractivity contribution >= 4 is 17.7 Å². The minimum absolute atomic E-state index is 0.116. The minimum Gasteiger partial charge on any atom is -0.487 e. The fourth-order valence-electron chi connectivity index (χ4n) is 3.74. The molecule has 0 unspecified atom stereocenters. The number of fused-ring (bicyclic) bond motifs is 1. The molecule has 1 spiro atoms. The molecule has 2 aliphatic rings. The van der Waals surface area contributed by atoms with E-state index in [0.717, 1.165) is 49.4 Å². The van der Waals surface area contributed by atoms with Gasteiger partial charge < -0.3 is 9.64 Å². The van der Waals surface area contributed by atoms with Gasteiger partial charge in [0.2, 0.25) is 5.91 Å². The zero-order valence-corrected chi connectivity index (χ0v) is 15.4. The Morgan fingerprint density at radius 1 is 1.08 bits per heavy atom. The maximum atomic E-state index is 12.9. The second-order valence-corrected chi connectivity index (χ2v) is 8.06. The van der Waals surface area contributed by atoms with E-state index in [9.17, 15) is 9.18 Å². The standard InChI is InChI=1S/C21H22FNO2S/c22-17-5-7-18(8-6-17)26-15-20(24)23-13-11-21(12-14-23)10-9-16-3-1-2-4-19(16)25-21/h1-8H,9-15H2. The van der Waals surface area contributed by atoms with Crippen molar-refractivity contribution in [1.82, 2.24) is 4.90 Å². The number of rotatable bonds is 3. The molecule has 0 aliphatic carbocycles. The quantitative estimate of drug-likeness (QED) is 0.753. The smallest absolute Gasteiger partial charge is 0.232 e. The molecule has 5 heteroatoms. The van der Waals surface area contributed by atoms with Gasteiger partial charge in [0.1, 0.15) is 17.2 Å². The molecular formula is C21H22FNO2S. The first-order valence-electron chi connectivity index (χ1n) is 9.07. The Morgan fingerprint density at radius 2 is 1.81 bits per heavy atom. The lowest BCUT2D eigenvalue weighted by Gasteiger charge is -2.44. The highest BCUT2D eigenvalue weighted by Gasteiger charge is 2.40. The Bertz CT molecular complexity index is 785. The van der Waals surface area contributed by atoms with Crippen molar-refractivity contribution in [1.29, 1.82) is 0 Å². The zero-order chi connectivity index (χ0) is 18.0. The second-order valence-electron chi connectivity index (χ2n) is 7.02. The van der Waals surface area contributed by atoms with E-state index in [4.69, 9.17) is 4.74 Å². The average molecular weight is 371 g/mol. The number of thioether (sulfide) groups is 1. The third-order valence-corrected chi connectivity index (χ3v) is 6.35.